The summed E-state index contributed by atoms with van der Waals surface area (Å²) in [6, 6.07) is -2.66. The number of aliphatic hydroxyl groups excluding tert-OH is 1. The monoisotopic (exact) mass is 724 g/mol. The highest BCUT2D eigenvalue weighted by Crippen LogP contribution is 2.89. The van der Waals surface area contributed by atoms with Gasteiger partial charge in [-0.25, -0.2) is 0 Å². The lowest BCUT2D eigenvalue weighted by atomic mass is 9.41. The Labute approximate surface area is 300 Å². The van der Waals surface area contributed by atoms with Crippen molar-refractivity contribution in [2.75, 3.05) is 26.2 Å². The molecule has 6 saturated carbocycles. The summed E-state index contributed by atoms with van der Waals surface area (Å²) in [5.74, 6) is -0.201. The van der Waals surface area contributed by atoms with E-state index >= 15 is 0 Å². The van der Waals surface area contributed by atoms with Crippen LogP contribution in [0.25, 0.3) is 0 Å². The standard InChI is InChI=1S/C39H59F3N2O7/c1-21-16-23(18-43-31(33(47)48)39(40,41)42)50-30-29(21)35(4)12-13-38-20-37(38)11-10-26(34(2,3)24(37)8-9-25(38)36(35,5)32(30)46)51-28-19-44(14-15-49-28)27(45)17-22-6-7-22/h21-26,28-32,43,46H,6-20H2,1-5H3,(H,47,48)/t21-,23?,24+,25?,26+,28+,29+,30?,31?,32+,35-,36-,37-,38+/m1/s1. The van der Waals surface area contributed by atoms with Crippen LogP contribution in [0.15, 0.2) is 0 Å². The molecule has 0 aromatic rings. The summed E-state index contributed by atoms with van der Waals surface area (Å²) in [6.07, 6.45) is 3.69. The molecule has 2 saturated heterocycles. The smallest absolute Gasteiger partial charge is 0.414 e. The number of aliphatic hydroxyl groups is 1. The van der Waals surface area contributed by atoms with E-state index in [-0.39, 0.29) is 52.1 Å². The van der Waals surface area contributed by atoms with Crippen molar-refractivity contribution in [3.05, 3.63) is 0 Å². The van der Waals surface area contributed by atoms with Crippen molar-refractivity contribution in [1.82, 2.24) is 10.2 Å². The molecule has 1 amide bonds. The molecule has 3 N–H and O–H groups in total. The Morgan fingerprint density at radius 2 is 1.73 bits per heavy atom. The maximum absolute atomic E-state index is 13.4. The molecule has 12 heteroatoms. The van der Waals surface area contributed by atoms with Crippen molar-refractivity contribution in [2.45, 2.75) is 148 Å². The van der Waals surface area contributed by atoms with E-state index < -0.39 is 48.2 Å². The zero-order chi connectivity index (χ0) is 36.5. The summed E-state index contributed by atoms with van der Waals surface area (Å²) >= 11 is 0. The summed E-state index contributed by atoms with van der Waals surface area (Å²) in [6.45, 7) is 12.9. The van der Waals surface area contributed by atoms with E-state index in [1.54, 1.807) is 0 Å². The zero-order valence-corrected chi connectivity index (χ0v) is 31.0. The van der Waals surface area contributed by atoms with E-state index in [1.807, 2.05) is 4.90 Å². The van der Waals surface area contributed by atoms with Gasteiger partial charge in [-0.3, -0.25) is 14.9 Å². The van der Waals surface area contributed by atoms with E-state index in [0.29, 0.717) is 50.3 Å². The highest BCUT2D eigenvalue weighted by Gasteiger charge is 2.84. The molecule has 6 aliphatic carbocycles. The lowest BCUT2D eigenvalue weighted by molar-refractivity contribution is -0.248. The normalized spacial score (nSPS) is 49.1. The first kappa shape index (κ1) is 36.5. The Bertz CT molecular complexity index is 1410. The van der Waals surface area contributed by atoms with Gasteiger partial charge in [0.25, 0.3) is 0 Å². The fraction of sp³-hybridized carbons (Fsp3) is 0.949. The van der Waals surface area contributed by atoms with Crippen LogP contribution in [0.3, 0.4) is 0 Å². The van der Waals surface area contributed by atoms with Crippen LogP contribution >= 0.6 is 0 Å². The summed E-state index contributed by atoms with van der Waals surface area (Å²) in [4.78, 5) is 26.2. The minimum atomic E-state index is -4.91. The van der Waals surface area contributed by atoms with Crippen molar-refractivity contribution in [3.8, 4) is 0 Å². The van der Waals surface area contributed by atoms with Crippen LogP contribution in [-0.2, 0) is 23.8 Å². The molecule has 2 spiro atoms. The van der Waals surface area contributed by atoms with Crippen LogP contribution < -0.4 is 5.32 Å². The third kappa shape index (κ3) is 5.32. The largest absolute Gasteiger partial charge is 0.480 e. The molecule has 8 fully saturated rings. The molecule has 2 heterocycles. The number of hydrogen-bond donors (Lipinski definition) is 3. The fourth-order valence-electron chi connectivity index (χ4n) is 14.2. The number of nitrogens with one attached hydrogen (secondary N) is 1. The minimum Gasteiger partial charge on any atom is -0.480 e. The highest BCUT2D eigenvalue weighted by atomic mass is 19.4. The van der Waals surface area contributed by atoms with Crippen molar-refractivity contribution < 1.29 is 47.2 Å². The molecule has 0 aromatic carbocycles. The second-order valence-corrected chi connectivity index (χ2v) is 19.3. The number of morpholine rings is 1. The molecule has 2 aliphatic heterocycles. The molecular weight excluding hydrogens is 665 g/mol. The third-order valence-electron chi connectivity index (χ3n) is 16.8. The van der Waals surface area contributed by atoms with E-state index in [0.717, 1.165) is 51.4 Å². The molecule has 4 unspecified atom stereocenters. The fourth-order valence-corrected chi connectivity index (χ4v) is 14.2. The van der Waals surface area contributed by atoms with Crippen LogP contribution in [0.1, 0.15) is 105 Å². The molecule has 0 bridgehead atoms. The zero-order valence-electron chi connectivity index (χ0n) is 31.0. The van der Waals surface area contributed by atoms with Gasteiger partial charge >= 0.3 is 12.1 Å². The number of carboxylic acid groups (broad SMARTS) is 1. The van der Waals surface area contributed by atoms with E-state index in [1.165, 1.54) is 6.42 Å². The first-order valence-corrected chi connectivity index (χ1v) is 19.8. The SMILES string of the molecule is C[C@@H]1CC(CNC(C(=O)O)C(F)(F)F)OC2[C@H]1[C@@]1(C)CC[C@@]34C[C@@]35CC[C@H](O[C@H]3CN(C(=O)CC6CC6)CCO3)C(C)(C)[C@@H]5CCC4[C@]1(C)[C@H]2O. The Morgan fingerprint density at radius 3 is 2.41 bits per heavy atom. The van der Waals surface area contributed by atoms with Crippen molar-refractivity contribution in [3.63, 3.8) is 0 Å². The average molecular weight is 725 g/mol. The molecule has 0 aromatic heterocycles. The number of carboxylic acids is 1. The summed E-state index contributed by atoms with van der Waals surface area (Å²) in [7, 11) is 0. The molecule has 14 atom stereocenters. The molecule has 288 valence electrons. The molecule has 0 radical (unpaired) electrons. The van der Waals surface area contributed by atoms with Gasteiger partial charge in [0, 0.05) is 24.9 Å². The van der Waals surface area contributed by atoms with Gasteiger partial charge in [0.1, 0.15) is 0 Å². The minimum absolute atomic E-state index is 0.0352. The summed E-state index contributed by atoms with van der Waals surface area (Å²) in [5, 5.41) is 23.8. The van der Waals surface area contributed by atoms with Crippen LogP contribution in [0, 0.1) is 56.7 Å². The molecule has 8 aliphatic rings. The first-order chi connectivity index (χ1) is 23.9. The average Bonchev–Trinajstić information content (AvgIpc) is 3.97. The van der Waals surface area contributed by atoms with Crippen LogP contribution in [0.5, 0.6) is 0 Å². The number of alkyl halides is 3. The van der Waals surface area contributed by atoms with Gasteiger partial charge in [-0.05, 0) is 115 Å². The van der Waals surface area contributed by atoms with Crippen molar-refractivity contribution >= 4 is 11.9 Å². The Balaban J connectivity index is 0.973. The Hall–Kier alpha value is -1.47. The number of carbonyl (C=O) groups is 2. The van der Waals surface area contributed by atoms with Gasteiger partial charge in [0.15, 0.2) is 6.29 Å². The van der Waals surface area contributed by atoms with E-state index in [2.05, 4.69) is 39.9 Å². The number of ether oxygens (including phenoxy) is 3. The van der Waals surface area contributed by atoms with Gasteiger partial charge < -0.3 is 29.3 Å². The summed E-state index contributed by atoms with van der Waals surface area (Å²) in [5.41, 5.74) is -0.347. The van der Waals surface area contributed by atoms with Gasteiger partial charge in [0.2, 0.25) is 11.9 Å². The number of nitrogens with zero attached hydrogens (tertiary/aromatic N) is 1. The van der Waals surface area contributed by atoms with Crippen molar-refractivity contribution in [2.24, 2.45) is 56.7 Å². The van der Waals surface area contributed by atoms with Gasteiger partial charge in [-0.1, -0.05) is 34.6 Å². The number of amides is 1. The van der Waals surface area contributed by atoms with Gasteiger partial charge in [0.05, 0.1) is 37.6 Å². The van der Waals surface area contributed by atoms with E-state index in [4.69, 9.17) is 14.2 Å². The highest BCUT2D eigenvalue weighted by molar-refractivity contribution is 5.77. The maximum atomic E-state index is 13.4. The third-order valence-corrected chi connectivity index (χ3v) is 16.8. The lowest BCUT2D eigenvalue weighted by Crippen LogP contribution is -2.60. The number of hydrogen-bond acceptors (Lipinski definition) is 7. The molecule has 9 nitrogen and oxygen atoms in total. The van der Waals surface area contributed by atoms with Crippen LogP contribution in [0.4, 0.5) is 13.2 Å². The number of fused-ring (bicyclic) bond motifs is 4. The van der Waals surface area contributed by atoms with Crippen LogP contribution in [0.2, 0.25) is 0 Å². The Kier molecular flexibility index (Phi) is 8.60. The maximum Gasteiger partial charge on any atom is 0.414 e. The van der Waals surface area contributed by atoms with E-state index in [9.17, 15) is 33.0 Å². The second-order valence-electron chi connectivity index (χ2n) is 19.3. The lowest BCUT2D eigenvalue weighted by Gasteiger charge is -2.64. The van der Waals surface area contributed by atoms with Gasteiger partial charge in [-0.15, -0.1) is 0 Å². The predicted molar refractivity (Wildman–Crippen MR) is 180 cm³/mol. The number of halogens is 3. The van der Waals surface area contributed by atoms with Crippen molar-refractivity contribution in [1.29, 1.82) is 0 Å². The number of aliphatic carboxylic acids is 1. The summed E-state index contributed by atoms with van der Waals surface area (Å²) < 4.78 is 59.6. The quantitative estimate of drug-likeness (QED) is 0.289. The number of rotatable bonds is 8. The topological polar surface area (TPSA) is 118 Å². The first-order valence-electron chi connectivity index (χ1n) is 19.8. The van der Waals surface area contributed by atoms with Crippen LogP contribution in [-0.4, -0.2) is 96.2 Å². The number of carbonyl (C=O) groups excluding carboxylic acids is 1. The predicted octanol–water partition coefficient (Wildman–Crippen LogP) is 5.78. The molecule has 8 rings (SSSR count). The molecule has 51 heavy (non-hydrogen) atoms. The molecular formula is C39H59F3N2O7. The second kappa shape index (κ2) is 12.0. The van der Waals surface area contributed by atoms with Gasteiger partial charge in [-0.2, -0.15) is 13.2 Å². The Morgan fingerprint density at radius 1 is 1.02 bits per heavy atom.